The number of rotatable bonds is 1. The Hall–Kier alpha value is -0.0151. The Labute approximate surface area is 56.9 Å². The van der Waals surface area contributed by atoms with Crippen molar-refractivity contribution < 1.29 is 9.47 Å². The lowest BCUT2D eigenvalue weighted by Gasteiger charge is -2.10. The smallest absolute Gasteiger partial charge is 0.112 e. The molecule has 1 unspecified atom stereocenters. The van der Waals surface area contributed by atoms with Crippen molar-refractivity contribution in [1.29, 1.82) is 0 Å². The van der Waals surface area contributed by atoms with E-state index < -0.39 is 0 Å². The van der Waals surface area contributed by atoms with E-state index in [2.05, 4.69) is 0 Å². The first kappa shape index (κ1) is 7.10. The molecular formula is C6H10BO2. The van der Waals surface area contributed by atoms with Gasteiger partial charge in [-0.25, -0.2) is 0 Å². The van der Waals surface area contributed by atoms with Crippen molar-refractivity contribution in [1.82, 2.24) is 0 Å². The molecule has 3 radical (unpaired) electrons. The van der Waals surface area contributed by atoms with Gasteiger partial charge in [0.1, 0.15) is 7.85 Å². The lowest BCUT2D eigenvalue weighted by atomic mass is 9.94. The molecule has 3 atom stereocenters. The largest absolute Gasteiger partial charge is 0.382 e. The average Bonchev–Trinajstić information content (AvgIpc) is 2.10. The van der Waals surface area contributed by atoms with Crippen LogP contribution in [0.15, 0.2) is 0 Å². The highest BCUT2D eigenvalue weighted by Crippen LogP contribution is 2.18. The van der Waals surface area contributed by atoms with Gasteiger partial charge in [-0.3, -0.25) is 0 Å². The lowest BCUT2D eigenvalue weighted by Crippen LogP contribution is -2.22. The summed E-state index contributed by atoms with van der Waals surface area (Å²) in [7, 11) is 7.13. The van der Waals surface area contributed by atoms with Gasteiger partial charge in [-0.1, -0.05) is 0 Å². The summed E-state index contributed by atoms with van der Waals surface area (Å²) >= 11 is 0. The predicted molar refractivity (Wildman–Crippen MR) is 35.2 cm³/mol. The van der Waals surface area contributed by atoms with Crippen molar-refractivity contribution in [2.24, 2.45) is 0 Å². The van der Waals surface area contributed by atoms with Gasteiger partial charge in [0.05, 0.1) is 12.2 Å². The van der Waals surface area contributed by atoms with Crippen LogP contribution in [0.3, 0.4) is 0 Å². The molecule has 1 rings (SSSR count). The van der Waals surface area contributed by atoms with Gasteiger partial charge >= 0.3 is 0 Å². The van der Waals surface area contributed by atoms with Gasteiger partial charge in [0.15, 0.2) is 0 Å². The minimum absolute atomic E-state index is 0.0278. The molecule has 0 aromatic heterocycles. The highest BCUT2D eigenvalue weighted by atomic mass is 16.6. The SMILES string of the molecule is [B][C@@H]1O[C@H](C)[CH]C1OC. The third-order valence-electron chi connectivity index (χ3n) is 1.43. The summed E-state index contributed by atoms with van der Waals surface area (Å²) in [6.45, 7) is 1.94. The van der Waals surface area contributed by atoms with Crippen LogP contribution >= 0.6 is 0 Å². The molecule has 1 heterocycles. The molecule has 0 spiro atoms. The van der Waals surface area contributed by atoms with Crippen LogP contribution in [0, 0.1) is 6.42 Å². The summed E-state index contributed by atoms with van der Waals surface area (Å²) in [4.78, 5) is 0. The van der Waals surface area contributed by atoms with Gasteiger partial charge in [0.25, 0.3) is 0 Å². The van der Waals surface area contributed by atoms with E-state index in [0.717, 1.165) is 0 Å². The maximum Gasteiger partial charge on any atom is 0.112 e. The molecule has 1 saturated heterocycles. The molecule has 1 aliphatic heterocycles. The Morgan fingerprint density at radius 2 is 2.33 bits per heavy atom. The fourth-order valence-corrected chi connectivity index (χ4v) is 0.960. The van der Waals surface area contributed by atoms with Crippen molar-refractivity contribution >= 4 is 7.85 Å². The molecule has 2 nitrogen and oxygen atoms in total. The molecular weight excluding hydrogens is 115 g/mol. The van der Waals surface area contributed by atoms with Gasteiger partial charge in [-0.2, -0.15) is 0 Å². The van der Waals surface area contributed by atoms with Crippen LogP contribution in [0.4, 0.5) is 0 Å². The molecule has 1 aliphatic rings. The number of hydrogen-bond acceptors (Lipinski definition) is 2. The fourth-order valence-electron chi connectivity index (χ4n) is 0.960. The summed E-state index contributed by atoms with van der Waals surface area (Å²) in [5.74, 6) is 0. The molecule has 0 amide bonds. The van der Waals surface area contributed by atoms with Crippen molar-refractivity contribution in [2.75, 3.05) is 7.11 Å². The van der Waals surface area contributed by atoms with Gasteiger partial charge in [0.2, 0.25) is 0 Å². The maximum atomic E-state index is 5.50. The van der Waals surface area contributed by atoms with Gasteiger partial charge in [-0.05, 0) is 6.92 Å². The van der Waals surface area contributed by atoms with E-state index in [0.29, 0.717) is 0 Å². The monoisotopic (exact) mass is 125 g/mol. The van der Waals surface area contributed by atoms with Gasteiger partial charge < -0.3 is 9.47 Å². The zero-order valence-corrected chi connectivity index (χ0v) is 5.70. The Kier molecular flexibility index (Phi) is 2.14. The fraction of sp³-hybridized carbons (Fsp3) is 0.833. The standard InChI is InChI=1S/C6H10BO2/c1-4-3-5(8-2)6(7)9-4/h3-6H,1-2H3/t4-,5?,6-/m1/s1. The maximum absolute atomic E-state index is 5.50. The minimum Gasteiger partial charge on any atom is -0.382 e. The second-order valence-corrected chi connectivity index (χ2v) is 2.20. The molecule has 49 valence electrons. The average molecular weight is 125 g/mol. The summed E-state index contributed by atoms with van der Waals surface area (Å²) in [6, 6.07) is -0.273. The van der Waals surface area contributed by atoms with Gasteiger partial charge in [0, 0.05) is 19.5 Å². The topological polar surface area (TPSA) is 18.5 Å². The third kappa shape index (κ3) is 1.46. The summed E-state index contributed by atoms with van der Waals surface area (Å²) in [5, 5.41) is 0. The summed E-state index contributed by atoms with van der Waals surface area (Å²) in [5.41, 5.74) is 0. The molecule has 0 aromatic rings. The predicted octanol–water partition coefficient (Wildman–Crippen LogP) is 0.119. The molecule has 1 fully saturated rings. The van der Waals surface area contributed by atoms with Crippen LogP contribution in [0.1, 0.15) is 6.92 Å². The molecule has 9 heavy (non-hydrogen) atoms. The molecule has 0 aromatic carbocycles. The Balaban J connectivity index is 2.38. The normalized spacial score (nSPS) is 43.6. The summed E-state index contributed by atoms with van der Waals surface area (Å²) < 4.78 is 10.2. The summed E-state index contributed by atoms with van der Waals surface area (Å²) in [6.07, 6.45) is 2.05. The van der Waals surface area contributed by atoms with Gasteiger partial charge in [-0.15, -0.1) is 0 Å². The molecule has 0 N–H and O–H groups in total. The van der Waals surface area contributed by atoms with Crippen LogP contribution in [0.25, 0.3) is 0 Å². The van der Waals surface area contributed by atoms with E-state index in [4.69, 9.17) is 17.3 Å². The van der Waals surface area contributed by atoms with E-state index in [9.17, 15) is 0 Å². The van der Waals surface area contributed by atoms with Crippen molar-refractivity contribution in [3.8, 4) is 0 Å². The van der Waals surface area contributed by atoms with Crippen LogP contribution in [0.2, 0.25) is 0 Å². The molecule has 0 aliphatic carbocycles. The first-order chi connectivity index (χ1) is 4.24. The highest BCUT2D eigenvalue weighted by molar-refractivity contribution is 6.11. The number of hydrogen-bond donors (Lipinski definition) is 0. The Morgan fingerprint density at radius 1 is 1.67 bits per heavy atom. The Morgan fingerprint density at radius 3 is 2.56 bits per heavy atom. The zero-order valence-electron chi connectivity index (χ0n) is 5.70. The lowest BCUT2D eigenvalue weighted by molar-refractivity contribution is 0.0462. The van der Waals surface area contributed by atoms with Crippen molar-refractivity contribution in [3.05, 3.63) is 6.42 Å². The quantitative estimate of drug-likeness (QED) is 0.463. The zero-order chi connectivity index (χ0) is 6.85. The van der Waals surface area contributed by atoms with Crippen molar-refractivity contribution in [3.63, 3.8) is 0 Å². The second-order valence-electron chi connectivity index (χ2n) is 2.20. The first-order valence-electron chi connectivity index (χ1n) is 3.03. The second kappa shape index (κ2) is 2.71. The van der Waals surface area contributed by atoms with E-state index in [-0.39, 0.29) is 18.2 Å². The van der Waals surface area contributed by atoms with E-state index in [1.807, 2.05) is 13.3 Å². The van der Waals surface area contributed by atoms with E-state index >= 15 is 0 Å². The number of ether oxygens (including phenoxy) is 2. The highest BCUT2D eigenvalue weighted by Gasteiger charge is 2.28. The Bertz CT molecular complexity index is 97.1. The van der Waals surface area contributed by atoms with Crippen LogP contribution in [-0.4, -0.2) is 33.2 Å². The number of methoxy groups -OCH3 is 1. The van der Waals surface area contributed by atoms with E-state index in [1.54, 1.807) is 7.11 Å². The molecule has 3 heteroatoms. The van der Waals surface area contributed by atoms with E-state index in [1.165, 1.54) is 0 Å². The minimum atomic E-state index is -0.273. The molecule has 0 bridgehead atoms. The van der Waals surface area contributed by atoms with Crippen molar-refractivity contribution in [2.45, 2.75) is 25.1 Å². The first-order valence-corrected chi connectivity index (χ1v) is 3.03. The molecule has 0 saturated carbocycles. The van der Waals surface area contributed by atoms with Crippen LogP contribution in [-0.2, 0) is 9.47 Å². The van der Waals surface area contributed by atoms with Crippen LogP contribution in [0.5, 0.6) is 0 Å². The third-order valence-corrected chi connectivity index (χ3v) is 1.43. The van der Waals surface area contributed by atoms with Crippen LogP contribution < -0.4 is 0 Å².